The highest BCUT2D eigenvalue weighted by atomic mass is 16.8. The molecule has 27 nitrogen and oxygen atoms in total. The molecule has 6 rings (SSSR count). The lowest BCUT2D eigenvalue weighted by Crippen LogP contribution is -2.55. The fourth-order valence-corrected chi connectivity index (χ4v) is 10.5. The minimum absolute atomic E-state index is 0.0241. The molecule has 0 aromatic carbocycles. The summed E-state index contributed by atoms with van der Waals surface area (Å²) in [6.07, 6.45) is -10.5. The van der Waals surface area contributed by atoms with Crippen LogP contribution in [0.5, 0.6) is 0 Å². The van der Waals surface area contributed by atoms with E-state index in [1.807, 2.05) is 0 Å². The molecule has 27 heteroatoms. The van der Waals surface area contributed by atoms with Gasteiger partial charge in [0.2, 0.25) is 29.5 Å². The second kappa shape index (κ2) is 25.6. The van der Waals surface area contributed by atoms with Gasteiger partial charge in [-0.05, 0) is 102 Å². The van der Waals surface area contributed by atoms with Crippen LogP contribution in [0.4, 0.5) is 4.79 Å². The Bertz CT molecular complexity index is 2140. The van der Waals surface area contributed by atoms with Gasteiger partial charge in [-0.25, -0.2) is 9.59 Å². The largest absolute Gasteiger partial charge is 0.467 e. The standard InChI is InChI=1S/C51H84N6O21/c1-23(41(61)56-27(18-21-31(60)54-25(3)43(63)65-13)33-36-39(45(67-15)70-33)76-50(9,10)73-36)52-29(58)20-17-26(32-35-38(44(66-14)69-32)75-49(7,8)72-35)55-42(62)24(2)53-30(59)22-19-28(57-47(64)78-48(4,5)6)34-37-40(46(68-16)71-34)77-51(11,12)74-37/h23-28,32-40,44-46H,17-22H2,1-16H3,(H,52,58)(H,53,59)(H,54,60)(H,55,62)(H,56,61)(H,57,64)/t23-,24-,25-,26-,27-,28-,32+,33+,34+,35-,36-,37-,38-,39-,40-,44-,45-,46-/m0/s1. The Balaban J connectivity index is 1.11. The number of carbonyl (C=O) groups excluding carboxylic acids is 7. The number of methoxy groups -OCH3 is 4. The maximum Gasteiger partial charge on any atom is 0.407 e. The summed E-state index contributed by atoms with van der Waals surface area (Å²) in [6.45, 7) is 20.0. The van der Waals surface area contributed by atoms with Crippen LogP contribution in [0, 0.1) is 0 Å². The zero-order chi connectivity index (χ0) is 57.8. The molecule has 6 aliphatic heterocycles. The highest BCUT2D eigenvalue weighted by Crippen LogP contribution is 2.43. The van der Waals surface area contributed by atoms with E-state index in [1.54, 1.807) is 62.3 Å². The van der Waals surface area contributed by atoms with E-state index in [0.29, 0.717) is 0 Å². The smallest absolute Gasteiger partial charge is 0.407 e. The molecule has 0 bridgehead atoms. The molecule has 0 unspecified atom stereocenters. The van der Waals surface area contributed by atoms with E-state index in [4.69, 9.17) is 66.3 Å². The predicted molar refractivity (Wildman–Crippen MR) is 268 cm³/mol. The molecule has 18 atom stereocenters. The second-order valence-corrected chi connectivity index (χ2v) is 22.8. The molecule has 6 N–H and O–H groups in total. The van der Waals surface area contributed by atoms with Crippen molar-refractivity contribution < 1.29 is 99.9 Å². The Hall–Kier alpha value is -4.39. The van der Waals surface area contributed by atoms with Crippen LogP contribution in [-0.4, -0.2) is 203 Å². The van der Waals surface area contributed by atoms with Crippen LogP contribution in [0.3, 0.4) is 0 Å². The third-order valence-electron chi connectivity index (χ3n) is 13.9. The fraction of sp³-hybridized carbons (Fsp3) is 0.863. The summed E-state index contributed by atoms with van der Waals surface area (Å²) in [5, 5.41) is 16.7. The van der Waals surface area contributed by atoms with Gasteiger partial charge in [-0.1, -0.05) is 0 Å². The molecule has 0 spiro atoms. The van der Waals surface area contributed by atoms with Crippen LogP contribution >= 0.6 is 0 Å². The molecule has 0 aliphatic carbocycles. The third-order valence-corrected chi connectivity index (χ3v) is 13.9. The molecule has 6 amide bonds. The lowest BCUT2D eigenvalue weighted by Gasteiger charge is -2.31. The summed E-state index contributed by atoms with van der Waals surface area (Å²) in [5.41, 5.74) is -0.830. The SMILES string of the molecule is COC(=O)[C@H](C)NC(=O)CC[C@H](NC(=O)[C@H](C)NC(=O)CC[C@H](NC(=O)[C@H](C)NC(=O)CC[C@H](NC(=O)OC(C)(C)C)[C@H]1O[C@H](OC)[C@H]2OC(C)(C)O[C@H]21)[C@H]1O[C@H](OC)[C@H]2OC(C)(C)O[C@H]21)[C@H]1O[C@H](OC)[C@H]2OC(C)(C)O[C@H]21. The molecule has 0 aromatic rings. The summed E-state index contributed by atoms with van der Waals surface area (Å²) in [6, 6.07) is -5.82. The fourth-order valence-electron chi connectivity index (χ4n) is 10.5. The monoisotopic (exact) mass is 1120 g/mol. The average molecular weight is 1120 g/mol. The molecule has 444 valence electrons. The maximum absolute atomic E-state index is 14.1. The number of ether oxygens (including phenoxy) is 14. The number of esters is 1. The normalized spacial score (nSPS) is 32.5. The van der Waals surface area contributed by atoms with Crippen molar-refractivity contribution in [2.24, 2.45) is 0 Å². The van der Waals surface area contributed by atoms with Crippen molar-refractivity contribution in [1.29, 1.82) is 0 Å². The van der Waals surface area contributed by atoms with Gasteiger partial charge in [0.1, 0.15) is 78.7 Å². The maximum atomic E-state index is 14.1. The molecule has 0 saturated carbocycles. The molecule has 6 heterocycles. The van der Waals surface area contributed by atoms with Gasteiger partial charge in [0.05, 0.1) is 25.2 Å². The number of rotatable bonds is 24. The van der Waals surface area contributed by atoms with Gasteiger partial charge >= 0.3 is 12.1 Å². The van der Waals surface area contributed by atoms with E-state index in [2.05, 4.69) is 31.9 Å². The van der Waals surface area contributed by atoms with Crippen molar-refractivity contribution in [2.75, 3.05) is 28.4 Å². The number of nitrogens with one attached hydrogen (secondary N) is 6. The quantitative estimate of drug-likeness (QED) is 0.0719. The van der Waals surface area contributed by atoms with Gasteiger partial charge in [0, 0.05) is 40.6 Å². The van der Waals surface area contributed by atoms with Gasteiger partial charge in [-0.15, -0.1) is 0 Å². The Morgan fingerprint density at radius 3 is 1.04 bits per heavy atom. The Morgan fingerprint density at radius 1 is 0.449 bits per heavy atom. The van der Waals surface area contributed by atoms with Gasteiger partial charge in [0.15, 0.2) is 36.2 Å². The van der Waals surface area contributed by atoms with Crippen molar-refractivity contribution in [3.8, 4) is 0 Å². The molecule has 6 saturated heterocycles. The number of amides is 6. The van der Waals surface area contributed by atoms with Crippen molar-refractivity contribution in [1.82, 2.24) is 31.9 Å². The number of fused-ring (bicyclic) bond motifs is 3. The van der Waals surface area contributed by atoms with Crippen LogP contribution < -0.4 is 31.9 Å². The van der Waals surface area contributed by atoms with Crippen molar-refractivity contribution in [3.63, 3.8) is 0 Å². The highest BCUT2D eigenvalue weighted by Gasteiger charge is 2.60. The first-order valence-corrected chi connectivity index (χ1v) is 26.6. The van der Waals surface area contributed by atoms with Crippen LogP contribution in [0.1, 0.15) is 122 Å². The molecule has 0 radical (unpaired) electrons. The summed E-state index contributed by atoms with van der Waals surface area (Å²) in [7, 11) is 5.55. The molecule has 6 fully saturated rings. The molecular weight excluding hydrogens is 1030 g/mol. The van der Waals surface area contributed by atoms with E-state index in [0.717, 1.165) is 0 Å². The molecule has 6 aliphatic rings. The van der Waals surface area contributed by atoms with Gasteiger partial charge < -0.3 is 98.2 Å². The van der Waals surface area contributed by atoms with Crippen LogP contribution in [0.2, 0.25) is 0 Å². The topological polar surface area (TPSA) is 321 Å². The summed E-state index contributed by atoms with van der Waals surface area (Å²) in [4.78, 5) is 93.7. The summed E-state index contributed by atoms with van der Waals surface area (Å²) in [5.74, 6) is -6.51. The number of hydrogen-bond acceptors (Lipinski definition) is 21. The first kappa shape index (κ1) is 62.8. The van der Waals surface area contributed by atoms with Crippen LogP contribution in [0.25, 0.3) is 0 Å². The molecular formula is C51H84N6O21. The van der Waals surface area contributed by atoms with Gasteiger partial charge in [-0.2, -0.15) is 0 Å². The van der Waals surface area contributed by atoms with Crippen LogP contribution in [-0.2, 0) is 95.1 Å². The first-order chi connectivity index (χ1) is 36.4. The van der Waals surface area contributed by atoms with E-state index < -0.39 is 175 Å². The lowest BCUT2D eigenvalue weighted by molar-refractivity contribution is -0.230. The number of alkyl carbamates (subject to hydrolysis) is 1. The second-order valence-electron chi connectivity index (χ2n) is 22.8. The minimum atomic E-state index is -1.13. The number of hydrogen-bond donors (Lipinski definition) is 6. The number of carbonyl (C=O) groups is 7. The van der Waals surface area contributed by atoms with E-state index in [-0.39, 0.29) is 38.5 Å². The lowest BCUT2D eigenvalue weighted by atomic mass is 9.98. The Morgan fingerprint density at radius 2 is 0.744 bits per heavy atom. The third kappa shape index (κ3) is 16.0. The summed E-state index contributed by atoms with van der Waals surface area (Å²) < 4.78 is 82.4. The highest BCUT2D eigenvalue weighted by molar-refractivity contribution is 5.89. The average Bonchev–Trinajstić information content (AvgIpc) is 4.36. The predicted octanol–water partition coefficient (Wildman–Crippen LogP) is 0.551. The minimum Gasteiger partial charge on any atom is -0.467 e. The molecule has 78 heavy (non-hydrogen) atoms. The van der Waals surface area contributed by atoms with Gasteiger partial charge in [0.25, 0.3) is 0 Å². The Kier molecular flexibility index (Phi) is 20.6. The van der Waals surface area contributed by atoms with E-state index in [1.165, 1.54) is 49.2 Å². The summed E-state index contributed by atoms with van der Waals surface area (Å²) >= 11 is 0. The zero-order valence-electron chi connectivity index (χ0n) is 47.7. The van der Waals surface area contributed by atoms with Crippen molar-refractivity contribution >= 4 is 41.6 Å². The van der Waals surface area contributed by atoms with E-state index in [9.17, 15) is 33.6 Å². The van der Waals surface area contributed by atoms with Crippen LogP contribution in [0.15, 0.2) is 0 Å². The first-order valence-electron chi connectivity index (χ1n) is 26.6. The van der Waals surface area contributed by atoms with Crippen molar-refractivity contribution in [3.05, 3.63) is 0 Å². The van der Waals surface area contributed by atoms with E-state index >= 15 is 0 Å². The Labute approximate surface area is 455 Å². The van der Waals surface area contributed by atoms with Crippen molar-refractivity contribution in [2.45, 2.75) is 255 Å². The zero-order valence-corrected chi connectivity index (χ0v) is 47.7. The van der Waals surface area contributed by atoms with Gasteiger partial charge in [-0.3, -0.25) is 24.0 Å². The molecule has 0 aromatic heterocycles.